The fraction of sp³-hybridized carbons (Fsp3) is 0.938. The van der Waals surface area contributed by atoms with Crippen molar-refractivity contribution in [3.05, 3.63) is 0 Å². The summed E-state index contributed by atoms with van der Waals surface area (Å²) in [6.45, 7) is 4.14. The predicted octanol–water partition coefficient (Wildman–Crippen LogP) is 10.6. The van der Waals surface area contributed by atoms with E-state index in [1.165, 1.54) is 116 Å². The molecule has 214 valence electrons. The lowest BCUT2D eigenvalue weighted by atomic mass is 9.96. The number of carboxylic acids is 2. The van der Waals surface area contributed by atoms with Crippen LogP contribution < -0.4 is 0 Å². The number of carbonyl (C=O) groups is 2. The van der Waals surface area contributed by atoms with Gasteiger partial charge in [-0.1, -0.05) is 155 Å². The number of hydrogen-bond donors (Lipinski definition) is 2. The third-order valence-electron chi connectivity index (χ3n) is 7.83. The van der Waals surface area contributed by atoms with Crippen LogP contribution in [0.25, 0.3) is 0 Å². The highest BCUT2D eigenvalue weighted by Gasteiger charge is 2.16. The Morgan fingerprint density at radius 3 is 0.750 bits per heavy atom. The summed E-state index contributed by atoms with van der Waals surface area (Å²) in [5.74, 6) is -1.44. The summed E-state index contributed by atoms with van der Waals surface area (Å²) < 4.78 is 0. The van der Waals surface area contributed by atoms with Crippen molar-refractivity contribution in [3.8, 4) is 0 Å². The third kappa shape index (κ3) is 23.3. The molecule has 4 nitrogen and oxygen atoms in total. The van der Waals surface area contributed by atoms with Gasteiger partial charge in [0.15, 0.2) is 0 Å². The fourth-order valence-electron chi connectivity index (χ4n) is 5.44. The SMILES string of the molecule is CCCC(CCCCCCCCCCCCCCCCCCCCCCC(CCC)C(=O)O)C(=O)O. The molecule has 2 atom stereocenters. The largest absolute Gasteiger partial charge is 0.481 e. The number of hydrogen-bond acceptors (Lipinski definition) is 2. The quantitative estimate of drug-likeness (QED) is 0.0981. The standard InChI is InChI=1S/C32H62O4/c1-3-25-29(31(33)34)27-23-21-19-17-15-13-11-9-7-5-6-8-10-12-14-16-18-20-22-24-28-30(26-4-2)32(35)36/h29-30H,3-28H2,1-2H3,(H,33,34)(H,35,36). The van der Waals surface area contributed by atoms with Gasteiger partial charge in [-0.15, -0.1) is 0 Å². The van der Waals surface area contributed by atoms with Crippen molar-refractivity contribution in [2.24, 2.45) is 11.8 Å². The summed E-state index contributed by atoms with van der Waals surface area (Å²) in [4.78, 5) is 22.3. The van der Waals surface area contributed by atoms with Crippen LogP contribution in [0.1, 0.15) is 181 Å². The summed E-state index contributed by atoms with van der Waals surface area (Å²) in [5.41, 5.74) is 0. The van der Waals surface area contributed by atoms with Gasteiger partial charge in [-0.3, -0.25) is 9.59 Å². The molecular formula is C32H62O4. The average Bonchev–Trinajstić information content (AvgIpc) is 2.85. The highest BCUT2D eigenvalue weighted by atomic mass is 16.4. The van der Waals surface area contributed by atoms with Gasteiger partial charge in [0.25, 0.3) is 0 Å². The molecule has 0 aliphatic heterocycles. The molecule has 0 radical (unpaired) electrons. The van der Waals surface area contributed by atoms with Gasteiger partial charge < -0.3 is 10.2 Å². The Morgan fingerprint density at radius 1 is 0.389 bits per heavy atom. The van der Waals surface area contributed by atoms with Crippen molar-refractivity contribution >= 4 is 11.9 Å². The Bertz CT molecular complexity index is 447. The van der Waals surface area contributed by atoms with E-state index in [1.807, 2.05) is 0 Å². The zero-order valence-corrected chi connectivity index (χ0v) is 24.3. The molecule has 4 heteroatoms. The minimum atomic E-state index is -0.605. The third-order valence-corrected chi connectivity index (χ3v) is 7.83. The van der Waals surface area contributed by atoms with Crippen LogP contribution in [0.5, 0.6) is 0 Å². The van der Waals surface area contributed by atoms with E-state index in [-0.39, 0.29) is 11.8 Å². The number of aliphatic carboxylic acids is 2. The molecule has 0 fully saturated rings. The van der Waals surface area contributed by atoms with Crippen molar-refractivity contribution in [2.75, 3.05) is 0 Å². The minimum Gasteiger partial charge on any atom is -0.481 e. The predicted molar refractivity (Wildman–Crippen MR) is 154 cm³/mol. The number of rotatable bonds is 29. The summed E-state index contributed by atoms with van der Waals surface area (Å²) in [6, 6.07) is 0. The molecule has 0 bridgehead atoms. The molecule has 0 saturated heterocycles. The van der Waals surface area contributed by atoms with Crippen LogP contribution in [-0.4, -0.2) is 22.2 Å². The van der Waals surface area contributed by atoms with E-state index in [0.29, 0.717) is 0 Å². The van der Waals surface area contributed by atoms with Gasteiger partial charge in [-0.2, -0.15) is 0 Å². The molecule has 0 saturated carbocycles. The first-order chi connectivity index (χ1) is 17.5. The Kier molecular flexibility index (Phi) is 26.2. The normalized spacial score (nSPS) is 13.1. The first kappa shape index (κ1) is 34.9. The van der Waals surface area contributed by atoms with E-state index in [0.717, 1.165) is 51.4 Å². The molecule has 36 heavy (non-hydrogen) atoms. The Balaban J connectivity index is 3.23. The molecule has 0 aromatic heterocycles. The van der Waals surface area contributed by atoms with E-state index in [2.05, 4.69) is 13.8 Å². The minimum absolute atomic E-state index is 0.118. The summed E-state index contributed by atoms with van der Waals surface area (Å²) in [7, 11) is 0. The van der Waals surface area contributed by atoms with Gasteiger partial charge in [0, 0.05) is 0 Å². The zero-order valence-electron chi connectivity index (χ0n) is 24.3. The van der Waals surface area contributed by atoms with E-state index in [9.17, 15) is 19.8 Å². The van der Waals surface area contributed by atoms with Gasteiger partial charge in [0.2, 0.25) is 0 Å². The molecule has 0 spiro atoms. The molecule has 0 aliphatic carbocycles. The van der Waals surface area contributed by atoms with Crippen LogP contribution in [-0.2, 0) is 9.59 Å². The zero-order chi connectivity index (χ0) is 26.7. The van der Waals surface area contributed by atoms with Crippen LogP contribution in [0.4, 0.5) is 0 Å². The van der Waals surface area contributed by atoms with E-state index < -0.39 is 11.9 Å². The maximum Gasteiger partial charge on any atom is 0.306 e. The van der Waals surface area contributed by atoms with E-state index >= 15 is 0 Å². The van der Waals surface area contributed by atoms with Crippen molar-refractivity contribution < 1.29 is 19.8 Å². The molecule has 0 rings (SSSR count). The fourth-order valence-corrected chi connectivity index (χ4v) is 5.44. The first-order valence-corrected chi connectivity index (χ1v) is 16.0. The summed E-state index contributed by atoms with van der Waals surface area (Å²) in [5, 5.41) is 18.4. The van der Waals surface area contributed by atoms with Crippen molar-refractivity contribution in [3.63, 3.8) is 0 Å². The molecule has 0 aliphatic rings. The lowest BCUT2D eigenvalue weighted by Gasteiger charge is -2.10. The van der Waals surface area contributed by atoms with Crippen LogP contribution >= 0.6 is 0 Å². The Hall–Kier alpha value is -1.06. The molecule has 0 aromatic carbocycles. The monoisotopic (exact) mass is 510 g/mol. The van der Waals surface area contributed by atoms with Gasteiger partial charge in [-0.25, -0.2) is 0 Å². The second-order valence-corrected chi connectivity index (χ2v) is 11.3. The van der Waals surface area contributed by atoms with Crippen molar-refractivity contribution in [2.45, 2.75) is 181 Å². The molecular weight excluding hydrogens is 448 g/mol. The second kappa shape index (κ2) is 27.0. The van der Waals surface area contributed by atoms with Gasteiger partial charge in [-0.05, 0) is 25.7 Å². The molecule has 0 amide bonds. The van der Waals surface area contributed by atoms with Crippen molar-refractivity contribution in [1.29, 1.82) is 0 Å². The lowest BCUT2D eigenvalue weighted by molar-refractivity contribution is -0.143. The van der Waals surface area contributed by atoms with Gasteiger partial charge in [0.1, 0.15) is 0 Å². The van der Waals surface area contributed by atoms with E-state index in [1.54, 1.807) is 0 Å². The summed E-state index contributed by atoms with van der Waals surface area (Å²) in [6.07, 6.45) is 31.6. The van der Waals surface area contributed by atoms with E-state index in [4.69, 9.17) is 0 Å². The average molecular weight is 511 g/mol. The second-order valence-electron chi connectivity index (χ2n) is 11.3. The Morgan fingerprint density at radius 2 is 0.583 bits per heavy atom. The van der Waals surface area contributed by atoms with Crippen LogP contribution in [0.3, 0.4) is 0 Å². The highest BCUT2D eigenvalue weighted by molar-refractivity contribution is 5.70. The number of carboxylic acid groups (broad SMARTS) is 2. The van der Waals surface area contributed by atoms with Crippen molar-refractivity contribution in [1.82, 2.24) is 0 Å². The van der Waals surface area contributed by atoms with Crippen LogP contribution in [0, 0.1) is 11.8 Å². The number of unbranched alkanes of at least 4 members (excludes halogenated alkanes) is 19. The van der Waals surface area contributed by atoms with Gasteiger partial charge in [0.05, 0.1) is 11.8 Å². The maximum absolute atomic E-state index is 11.2. The maximum atomic E-state index is 11.2. The van der Waals surface area contributed by atoms with Crippen LogP contribution in [0.15, 0.2) is 0 Å². The molecule has 2 N–H and O–H groups in total. The summed E-state index contributed by atoms with van der Waals surface area (Å²) >= 11 is 0. The molecule has 0 aromatic rings. The molecule has 2 unspecified atom stereocenters. The topological polar surface area (TPSA) is 74.6 Å². The highest BCUT2D eigenvalue weighted by Crippen LogP contribution is 2.19. The van der Waals surface area contributed by atoms with Gasteiger partial charge >= 0.3 is 11.9 Å². The Labute approximate surface area is 224 Å². The smallest absolute Gasteiger partial charge is 0.306 e. The first-order valence-electron chi connectivity index (χ1n) is 16.0. The lowest BCUT2D eigenvalue weighted by Crippen LogP contribution is -2.13. The van der Waals surface area contributed by atoms with Crippen LogP contribution in [0.2, 0.25) is 0 Å². The molecule has 0 heterocycles.